The van der Waals surface area contributed by atoms with E-state index in [0.29, 0.717) is 19.0 Å². The van der Waals surface area contributed by atoms with Gasteiger partial charge in [0.2, 0.25) is 5.91 Å². The average Bonchev–Trinajstić information content (AvgIpc) is 2.95. The van der Waals surface area contributed by atoms with Crippen LogP contribution >= 0.6 is 0 Å². The first-order valence-electron chi connectivity index (χ1n) is 6.76. The second kappa shape index (κ2) is 5.36. The number of carbonyl (C=O) groups is 1. The van der Waals surface area contributed by atoms with Crippen LogP contribution in [0.3, 0.4) is 0 Å². The molecule has 0 aromatic rings. The molecule has 3 atom stereocenters. The molecule has 4 heteroatoms. The summed E-state index contributed by atoms with van der Waals surface area (Å²) in [5.41, 5.74) is 5.56. The van der Waals surface area contributed by atoms with Gasteiger partial charge in [0.25, 0.3) is 0 Å². The van der Waals surface area contributed by atoms with E-state index in [1.807, 2.05) is 0 Å². The Labute approximate surface area is 103 Å². The van der Waals surface area contributed by atoms with Crippen molar-refractivity contribution >= 4 is 5.91 Å². The van der Waals surface area contributed by atoms with Gasteiger partial charge in [0, 0.05) is 19.1 Å². The van der Waals surface area contributed by atoms with Crippen LogP contribution in [0, 0.1) is 11.8 Å². The summed E-state index contributed by atoms with van der Waals surface area (Å²) >= 11 is 0. The molecule has 1 aliphatic carbocycles. The predicted molar refractivity (Wildman–Crippen MR) is 66.5 cm³/mol. The summed E-state index contributed by atoms with van der Waals surface area (Å²) in [5, 5.41) is 3.05. The number of ether oxygens (including phenoxy) is 1. The Bertz CT molecular complexity index is 275. The van der Waals surface area contributed by atoms with Gasteiger partial charge in [-0.1, -0.05) is 6.42 Å². The Morgan fingerprint density at radius 3 is 2.94 bits per heavy atom. The highest BCUT2D eigenvalue weighted by Crippen LogP contribution is 2.31. The van der Waals surface area contributed by atoms with Crippen LogP contribution in [0.1, 0.15) is 39.0 Å². The van der Waals surface area contributed by atoms with Crippen molar-refractivity contribution < 1.29 is 9.53 Å². The maximum atomic E-state index is 12.1. The fraction of sp³-hybridized carbons (Fsp3) is 0.923. The molecule has 1 aliphatic heterocycles. The van der Waals surface area contributed by atoms with E-state index in [-0.39, 0.29) is 17.4 Å². The van der Waals surface area contributed by atoms with Crippen molar-refractivity contribution in [1.29, 1.82) is 0 Å². The van der Waals surface area contributed by atoms with Gasteiger partial charge in [-0.15, -0.1) is 0 Å². The summed E-state index contributed by atoms with van der Waals surface area (Å²) in [6.07, 6.45) is 5.36. The third-order valence-corrected chi connectivity index (χ3v) is 4.24. The lowest BCUT2D eigenvalue weighted by molar-refractivity contribution is -0.127. The average molecular weight is 240 g/mol. The normalized spacial score (nSPS) is 37.3. The molecule has 1 heterocycles. The van der Waals surface area contributed by atoms with Crippen molar-refractivity contribution in [2.45, 2.75) is 44.6 Å². The second-order valence-corrected chi connectivity index (χ2v) is 5.65. The van der Waals surface area contributed by atoms with Crippen LogP contribution in [0.4, 0.5) is 0 Å². The number of nitrogens with one attached hydrogen (secondary N) is 1. The quantitative estimate of drug-likeness (QED) is 0.772. The lowest BCUT2D eigenvalue weighted by atomic mass is 9.94. The summed E-state index contributed by atoms with van der Waals surface area (Å²) in [4.78, 5) is 12.1. The Kier molecular flexibility index (Phi) is 4.05. The first-order valence-corrected chi connectivity index (χ1v) is 6.76. The molecule has 2 fully saturated rings. The fourth-order valence-electron chi connectivity index (χ4n) is 3.05. The summed E-state index contributed by atoms with van der Waals surface area (Å²) in [6, 6.07) is 0. The minimum atomic E-state index is -0.146. The van der Waals surface area contributed by atoms with Gasteiger partial charge in [-0.2, -0.15) is 0 Å². The van der Waals surface area contributed by atoms with Gasteiger partial charge in [0.1, 0.15) is 0 Å². The van der Waals surface area contributed by atoms with Crippen LogP contribution in [-0.4, -0.2) is 31.2 Å². The molecule has 0 spiro atoms. The molecule has 1 saturated carbocycles. The lowest BCUT2D eigenvalue weighted by Gasteiger charge is -2.25. The van der Waals surface area contributed by atoms with Gasteiger partial charge in [0.15, 0.2) is 0 Å². The van der Waals surface area contributed by atoms with Crippen LogP contribution < -0.4 is 11.1 Å². The maximum Gasteiger partial charge on any atom is 0.223 e. The van der Waals surface area contributed by atoms with E-state index in [2.05, 4.69) is 12.2 Å². The highest BCUT2D eigenvalue weighted by molar-refractivity contribution is 5.79. The molecular formula is C13H24N2O2. The van der Waals surface area contributed by atoms with Crippen molar-refractivity contribution in [2.24, 2.45) is 17.6 Å². The van der Waals surface area contributed by atoms with E-state index in [1.165, 1.54) is 0 Å². The molecule has 98 valence electrons. The number of amides is 1. The minimum absolute atomic E-state index is 0.130. The number of hydrogen-bond acceptors (Lipinski definition) is 3. The van der Waals surface area contributed by atoms with Crippen LogP contribution in [-0.2, 0) is 9.53 Å². The van der Waals surface area contributed by atoms with E-state index in [4.69, 9.17) is 10.5 Å². The molecule has 0 bridgehead atoms. The fourth-order valence-corrected chi connectivity index (χ4v) is 3.05. The van der Waals surface area contributed by atoms with Crippen LogP contribution in [0.5, 0.6) is 0 Å². The highest BCUT2D eigenvalue weighted by atomic mass is 16.5. The van der Waals surface area contributed by atoms with Crippen molar-refractivity contribution in [2.75, 3.05) is 19.7 Å². The first-order chi connectivity index (χ1) is 8.14. The summed E-state index contributed by atoms with van der Waals surface area (Å²) < 4.78 is 5.67. The van der Waals surface area contributed by atoms with Gasteiger partial charge in [-0.05, 0) is 45.1 Å². The third-order valence-electron chi connectivity index (χ3n) is 4.24. The van der Waals surface area contributed by atoms with Crippen molar-refractivity contribution in [3.8, 4) is 0 Å². The SMILES string of the molecule is CC1(CNC(=O)C2CCCC2CN)CCCO1. The topological polar surface area (TPSA) is 64.4 Å². The maximum absolute atomic E-state index is 12.1. The molecule has 2 aliphatic rings. The van der Waals surface area contributed by atoms with E-state index in [0.717, 1.165) is 38.7 Å². The molecule has 0 aromatic heterocycles. The van der Waals surface area contributed by atoms with Gasteiger partial charge < -0.3 is 15.8 Å². The largest absolute Gasteiger partial charge is 0.373 e. The van der Waals surface area contributed by atoms with E-state index in [1.54, 1.807) is 0 Å². The van der Waals surface area contributed by atoms with E-state index in [9.17, 15) is 4.79 Å². The zero-order valence-electron chi connectivity index (χ0n) is 10.7. The lowest BCUT2D eigenvalue weighted by Crippen LogP contribution is -2.43. The van der Waals surface area contributed by atoms with Crippen molar-refractivity contribution in [3.05, 3.63) is 0 Å². The summed E-state index contributed by atoms with van der Waals surface area (Å²) in [5.74, 6) is 0.687. The molecule has 3 N–H and O–H groups in total. The first kappa shape index (κ1) is 12.8. The van der Waals surface area contributed by atoms with Gasteiger partial charge in [-0.25, -0.2) is 0 Å². The van der Waals surface area contributed by atoms with Gasteiger partial charge >= 0.3 is 0 Å². The molecule has 0 radical (unpaired) electrons. The van der Waals surface area contributed by atoms with Crippen LogP contribution in [0.25, 0.3) is 0 Å². The van der Waals surface area contributed by atoms with Crippen LogP contribution in [0.15, 0.2) is 0 Å². The molecular weight excluding hydrogens is 216 g/mol. The van der Waals surface area contributed by atoms with Crippen molar-refractivity contribution in [3.63, 3.8) is 0 Å². The highest BCUT2D eigenvalue weighted by Gasteiger charge is 2.34. The smallest absolute Gasteiger partial charge is 0.223 e. The zero-order valence-corrected chi connectivity index (χ0v) is 10.7. The summed E-state index contributed by atoms with van der Waals surface area (Å²) in [7, 11) is 0. The molecule has 1 saturated heterocycles. The number of carbonyl (C=O) groups excluding carboxylic acids is 1. The summed E-state index contributed by atoms with van der Waals surface area (Å²) in [6.45, 7) is 4.17. The minimum Gasteiger partial charge on any atom is -0.373 e. The Morgan fingerprint density at radius 2 is 2.29 bits per heavy atom. The monoisotopic (exact) mass is 240 g/mol. The van der Waals surface area contributed by atoms with E-state index < -0.39 is 0 Å². The zero-order chi connectivity index (χ0) is 12.3. The Hall–Kier alpha value is -0.610. The Morgan fingerprint density at radius 1 is 1.47 bits per heavy atom. The molecule has 17 heavy (non-hydrogen) atoms. The van der Waals surface area contributed by atoms with Gasteiger partial charge in [-0.3, -0.25) is 4.79 Å². The predicted octanol–water partition coefficient (Wildman–Crippen LogP) is 1.05. The standard InChI is InChI=1S/C13H24N2O2/c1-13(6-3-7-17-13)9-15-12(16)11-5-2-4-10(11)8-14/h10-11H,2-9,14H2,1H3,(H,15,16). The molecule has 0 aromatic carbocycles. The molecule has 2 rings (SSSR count). The second-order valence-electron chi connectivity index (χ2n) is 5.65. The number of nitrogens with two attached hydrogens (primary N) is 1. The van der Waals surface area contributed by atoms with Gasteiger partial charge in [0.05, 0.1) is 5.60 Å². The molecule has 1 amide bonds. The molecule has 3 unspecified atom stereocenters. The van der Waals surface area contributed by atoms with Crippen LogP contribution in [0.2, 0.25) is 0 Å². The third kappa shape index (κ3) is 2.99. The number of hydrogen-bond donors (Lipinski definition) is 2. The Balaban J connectivity index is 1.80. The number of rotatable bonds is 4. The van der Waals surface area contributed by atoms with E-state index >= 15 is 0 Å². The van der Waals surface area contributed by atoms with Crippen molar-refractivity contribution in [1.82, 2.24) is 5.32 Å². The molecule has 4 nitrogen and oxygen atoms in total.